The van der Waals surface area contributed by atoms with Gasteiger partial charge in [-0.05, 0) is 64.3 Å². The molecule has 6 nitrogen and oxygen atoms in total. The molecule has 0 amide bonds. The molecule has 1 aromatic heterocycles. The predicted octanol–water partition coefficient (Wildman–Crippen LogP) is 4.56. The molecule has 0 spiro atoms. The topological polar surface area (TPSA) is 80.5 Å². The van der Waals surface area contributed by atoms with E-state index in [-0.39, 0.29) is 27.6 Å². The molecule has 30 heavy (non-hydrogen) atoms. The second-order valence-electron chi connectivity index (χ2n) is 7.72. The normalized spacial score (nSPS) is 11.5. The molecule has 1 heterocycles. The van der Waals surface area contributed by atoms with Gasteiger partial charge in [0.25, 0.3) is 0 Å². The van der Waals surface area contributed by atoms with E-state index in [1.165, 1.54) is 18.2 Å². The second-order valence-corrected chi connectivity index (χ2v) is 8.72. The van der Waals surface area contributed by atoms with Crippen LogP contribution in [0.2, 0.25) is 0 Å². The van der Waals surface area contributed by atoms with Crippen molar-refractivity contribution in [3.8, 4) is 5.75 Å². The Morgan fingerprint density at radius 2 is 1.93 bits per heavy atom. The molecule has 0 aliphatic heterocycles. The summed E-state index contributed by atoms with van der Waals surface area (Å²) in [5.41, 5.74) is 6.86. The van der Waals surface area contributed by atoms with Gasteiger partial charge in [-0.15, -0.1) is 0 Å². The number of nitrogens with zero attached hydrogens (tertiary/aromatic N) is 2. The number of rotatable bonds is 8. The molecule has 0 radical (unpaired) electrons. The Bertz CT molecular complexity index is 1030. The zero-order valence-electron chi connectivity index (χ0n) is 17.4. The van der Waals surface area contributed by atoms with Crippen LogP contribution in [-0.2, 0) is 0 Å². The number of nitrogens with two attached hydrogens (primary N) is 1. The first-order chi connectivity index (χ1) is 14.2. The number of ether oxygens (including phenoxy) is 1. The Hall–Kier alpha value is -2.97. The monoisotopic (exact) mass is 428 g/mol. The lowest BCUT2D eigenvalue weighted by molar-refractivity contribution is 0.104. The van der Waals surface area contributed by atoms with Crippen molar-refractivity contribution in [2.75, 3.05) is 31.8 Å². The highest BCUT2D eigenvalue weighted by Gasteiger charge is 2.21. The summed E-state index contributed by atoms with van der Waals surface area (Å²) in [5.74, 6) is 0.0436. The number of carbonyl (C=O) groups excluding carboxylic acids is 1. The highest BCUT2D eigenvalue weighted by Crippen LogP contribution is 2.30. The van der Waals surface area contributed by atoms with Crippen molar-refractivity contribution in [3.05, 3.63) is 64.8 Å². The van der Waals surface area contributed by atoms with Gasteiger partial charge in [0.1, 0.15) is 28.9 Å². The number of likely N-dealkylation sites (N-methyl/N-ethyl adjacent to an activating group) is 1. The molecule has 3 aromatic rings. The molecule has 0 bridgehead atoms. The lowest BCUT2D eigenvalue weighted by Crippen LogP contribution is -2.43. The Labute approximate surface area is 179 Å². The van der Waals surface area contributed by atoms with Crippen LogP contribution in [0.15, 0.2) is 48.5 Å². The molecule has 0 saturated heterocycles. The van der Waals surface area contributed by atoms with E-state index in [0.29, 0.717) is 11.7 Å². The van der Waals surface area contributed by atoms with Gasteiger partial charge in [-0.2, -0.15) is 0 Å². The minimum atomic E-state index is -0.474. The minimum absolute atomic E-state index is 0.0834. The van der Waals surface area contributed by atoms with E-state index in [1.54, 1.807) is 6.07 Å². The van der Waals surface area contributed by atoms with Crippen LogP contribution in [0.5, 0.6) is 5.75 Å². The van der Waals surface area contributed by atoms with Gasteiger partial charge < -0.3 is 20.7 Å². The molecule has 0 saturated carbocycles. The van der Waals surface area contributed by atoms with Gasteiger partial charge in [0, 0.05) is 16.8 Å². The molecule has 0 fully saturated rings. The summed E-state index contributed by atoms with van der Waals surface area (Å²) < 4.78 is 19.3. The van der Waals surface area contributed by atoms with Crippen molar-refractivity contribution in [2.24, 2.45) is 0 Å². The molecule has 3 N–H and O–H groups in total. The summed E-state index contributed by atoms with van der Waals surface area (Å²) in [7, 11) is 4.03. The maximum atomic E-state index is 13.4. The predicted molar refractivity (Wildman–Crippen MR) is 119 cm³/mol. The zero-order chi connectivity index (χ0) is 21.9. The van der Waals surface area contributed by atoms with Crippen LogP contribution in [-0.4, -0.2) is 41.9 Å². The summed E-state index contributed by atoms with van der Waals surface area (Å²) in [6.07, 6.45) is 0. The molecule has 0 atom stereocenters. The van der Waals surface area contributed by atoms with Crippen LogP contribution in [0.25, 0.3) is 0 Å². The summed E-state index contributed by atoms with van der Waals surface area (Å²) in [6.45, 7) is 4.78. The van der Waals surface area contributed by atoms with E-state index in [4.69, 9.17) is 10.5 Å². The fourth-order valence-electron chi connectivity index (χ4n) is 2.46. The molecular formula is C22H25FN4O2S. The summed E-state index contributed by atoms with van der Waals surface area (Å²) in [4.78, 5) is 19.2. The maximum Gasteiger partial charge on any atom is 0.206 e. The Balaban J connectivity index is 1.67. The zero-order valence-corrected chi connectivity index (χ0v) is 18.2. The average molecular weight is 429 g/mol. The number of hydrogen-bond donors (Lipinski definition) is 2. The fraction of sp³-hybridized carbons (Fsp3) is 0.273. The quantitative estimate of drug-likeness (QED) is 0.512. The van der Waals surface area contributed by atoms with Crippen LogP contribution in [0.4, 0.5) is 21.0 Å². The van der Waals surface area contributed by atoms with Crippen LogP contribution in [0, 0.1) is 5.82 Å². The summed E-state index contributed by atoms with van der Waals surface area (Å²) >= 11 is 1.13. The van der Waals surface area contributed by atoms with Gasteiger partial charge in [0.2, 0.25) is 5.78 Å². The largest absolute Gasteiger partial charge is 0.492 e. The lowest BCUT2D eigenvalue weighted by Gasteiger charge is -2.32. The number of anilines is 3. The van der Waals surface area contributed by atoms with Crippen molar-refractivity contribution >= 4 is 33.8 Å². The van der Waals surface area contributed by atoms with Gasteiger partial charge in [0.15, 0.2) is 5.13 Å². The Morgan fingerprint density at radius 1 is 1.23 bits per heavy atom. The Morgan fingerprint density at radius 3 is 2.57 bits per heavy atom. The number of carbonyl (C=O) groups is 1. The number of nitrogen functional groups attached to an aromatic ring is 1. The summed E-state index contributed by atoms with van der Waals surface area (Å²) in [5, 5.41) is 3.62. The number of halogens is 1. The molecule has 0 unspecified atom stereocenters. The van der Waals surface area contributed by atoms with Gasteiger partial charge in [-0.1, -0.05) is 23.5 Å². The van der Waals surface area contributed by atoms with Crippen LogP contribution >= 0.6 is 11.3 Å². The third kappa shape index (κ3) is 5.14. The van der Waals surface area contributed by atoms with Gasteiger partial charge in [-0.3, -0.25) is 4.79 Å². The first-order valence-corrected chi connectivity index (χ1v) is 10.2. The number of nitrogens with one attached hydrogen (secondary N) is 1. The summed E-state index contributed by atoms with van der Waals surface area (Å²) in [6, 6.07) is 13.0. The smallest absolute Gasteiger partial charge is 0.206 e. The number of hydrogen-bond acceptors (Lipinski definition) is 7. The SMILES string of the molecule is CN(C)C(C)(C)COc1ccc(Nc2nc(N)c(C(=O)c3cccc(F)c3)s2)cc1. The van der Waals surface area contributed by atoms with Crippen molar-refractivity contribution in [1.82, 2.24) is 9.88 Å². The standard InChI is InChI=1S/C22H25FN4O2S/c1-22(2,27(3)4)13-29-17-10-8-16(9-11-17)25-21-26-20(24)19(30-21)18(28)14-6-5-7-15(23)12-14/h5-12H,13,24H2,1-4H3,(H,25,26). The van der Waals surface area contributed by atoms with Crippen LogP contribution in [0.3, 0.4) is 0 Å². The van der Waals surface area contributed by atoms with Gasteiger partial charge in [0.05, 0.1) is 0 Å². The highest BCUT2D eigenvalue weighted by molar-refractivity contribution is 7.18. The Kier molecular flexibility index (Phi) is 6.38. The lowest BCUT2D eigenvalue weighted by atomic mass is 10.1. The molecule has 2 aromatic carbocycles. The maximum absolute atomic E-state index is 13.4. The number of ketones is 1. The molecule has 3 rings (SSSR count). The highest BCUT2D eigenvalue weighted by atomic mass is 32.1. The van der Waals surface area contributed by atoms with Crippen LogP contribution in [0.1, 0.15) is 29.1 Å². The van der Waals surface area contributed by atoms with Gasteiger partial charge in [-0.25, -0.2) is 9.37 Å². The molecule has 0 aliphatic rings. The van der Waals surface area contributed by atoms with Crippen molar-refractivity contribution in [2.45, 2.75) is 19.4 Å². The number of benzene rings is 2. The third-order valence-electron chi connectivity index (χ3n) is 4.85. The van der Waals surface area contributed by atoms with E-state index in [2.05, 4.69) is 29.0 Å². The first-order valence-electron chi connectivity index (χ1n) is 9.39. The van der Waals surface area contributed by atoms with Gasteiger partial charge >= 0.3 is 0 Å². The van der Waals surface area contributed by atoms with E-state index < -0.39 is 5.82 Å². The van der Waals surface area contributed by atoms with E-state index in [9.17, 15) is 9.18 Å². The number of aromatic nitrogens is 1. The third-order valence-corrected chi connectivity index (χ3v) is 5.84. The average Bonchev–Trinajstić information content (AvgIpc) is 3.06. The van der Waals surface area contributed by atoms with Crippen molar-refractivity contribution in [3.63, 3.8) is 0 Å². The van der Waals surface area contributed by atoms with E-state index >= 15 is 0 Å². The van der Waals surface area contributed by atoms with Crippen LogP contribution < -0.4 is 15.8 Å². The fourth-order valence-corrected chi connectivity index (χ4v) is 3.32. The molecular weight excluding hydrogens is 403 g/mol. The van der Waals surface area contributed by atoms with E-state index in [0.717, 1.165) is 22.8 Å². The molecule has 158 valence electrons. The first kappa shape index (κ1) is 21.7. The minimum Gasteiger partial charge on any atom is -0.492 e. The molecule has 8 heteroatoms. The van der Waals surface area contributed by atoms with Crippen molar-refractivity contribution in [1.29, 1.82) is 0 Å². The number of thiazole rings is 1. The van der Waals surface area contributed by atoms with Crippen molar-refractivity contribution < 1.29 is 13.9 Å². The second kappa shape index (κ2) is 8.81. The van der Waals surface area contributed by atoms with E-state index in [1.807, 2.05) is 38.4 Å². The molecule has 0 aliphatic carbocycles.